The molecule has 0 saturated heterocycles. The maximum Gasteiger partial charge on any atom is 0.362 e. The highest BCUT2D eigenvalue weighted by Gasteiger charge is 1.97. The van der Waals surface area contributed by atoms with Crippen LogP contribution < -0.4 is 16.6 Å². The number of benzene rings is 1. The Hall–Kier alpha value is -1.55. The van der Waals surface area contributed by atoms with Crippen molar-refractivity contribution < 1.29 is 5.10 Å². The summed E-state index contributed by atoms with van der Waals surface area (Å²) >= 11 is 5.74. The lowest BCUT2D eigenvalue weighted by Gasteiger charge is -1.97. The van der Waals surface area contributed by atoms with Crippen molar-refractivity contribution in [3.63, 3.8) is 0 Å². The Labute approximate surface area is 87.3 Å². The molecule has 74 valence electrons. The molecule has 0 unspecified atom stereocenters. The van der Waals surface area contributed by atoms with Gasteiger partial charge in [-0.3, -0.25) is 11.5 Å². The van der Waals surface area contributed by atoms with Crippen LogP contribution in [-0.4, -0.2) is 11.7 Å². The maximum atomic E-state index is 5.74. The van der Waals surface area contributed by atoms with Crippen LogP contribution in [0, 0.1) is 0 Å². The molecule has 1 rings (SSSR count). The molecule has 4 nitrogen and oxygen atoms in total. The molecule has 5 heteroatoms. The van der Waals surface area contributed by atoms with Crippen LogP contribution in [0.4, 0.5) is 0 Å². The monoisotopic (exact) mass is 211 g/mol. The van der Waals surface area contributed by atoms with Crippen molar-refractivity contribution >= 4 is 23.3 Å². The fourth-order valence-electron chi connectivity index (χ4n) is 0.904. The highest BCUT2D eigenvalue weighted by Crippen LogP contribution is 2.09. The third kappa shape index (κ3) is 3.06. The van der Waals surface area contributed by atoms with Crippen LogP contribution in [0.3, 0.4) is 0 Å². The molecular weight excluding hydrogens is 200 g/mol. The molecule has 0 bridgehead atoms. The van der Waals surface area contributed by atoms with E-state index in [1.165, 1.54) is 0 Å². The Balaban J connectivity index is 2.89. The average Bonchev–Trinajstić information content (AvgIpc) is 2.15. The van der Waals surface area contributed by atoms with E-state index in [-0.39, 0.29) is 5.96 Å². The molecule has 0 aliphatic carbocycles. The quantitative estimate of drug-likeness (QED) is 0.348. The molecule has 0 atom stereocenters. The summed E-state index contributed by atoms with van der Waals surface area (Å²) in [6.45, 7) is 1.85. The van der Waals surface area contributed by atoms with Crippen molar-refractivity contribution in [3.05, 3.63) is 34.9 Å². The normalized spacial score (nSPS) is 11.1. The van der Waals surface area contributed by atoms with Gasteiger partial charge in [0.1, 0.15) is 0 Å². The van der Waals surface area contributed by atoms with E-state index in [9.17, 15) is 0 Å². The van der Waals surface area contributed by atoms with Crippen molar-refractivity contribution in [2.24, 2.45) is 16.6 Å². The number of rotatable bonds is 2. The average molecular weight is 212 g/mol. The molecule has 14 heavy (non-hydrogen) atoms. The van der Waals surface area contributed by atoms with E-state index in [2.05, 4.69) is 10.2 Å². The summed E-state index contributed by atoms with van der Waals surface area (Å²) in [6.07, 6.45) is 0. The summed E-state index contributed by atoms with van der Waals surface area (Å²) < 4.78 is 0. The van der Waals surface area contributed by atoms with Crippen molar-refractivity contribution in [2.45, 2.75) is 6.92 Å². The van der Waals surface area contributed by atoms with Gasteiger partial charge in [-0.2, -0.15) is 5.10 Å². The zero-order valence-corrected chi connectivity index (χ0v) is 8.55. The molecule has 0 radical (unpaired) electrons. The molecule has 5 N–H and O–H groups in total. The summed E-state index contributed by atoms with van der Waals surface area (Å²) in [5.74, 6) is 0.0679. The summed E-state index contributed by atoms with van der Waals surface area (Å²) in [5, 5.41) is 7.14. The van der Waals surface area contributed by atoms with E-state index < -0.39 is 0 Å². The molecule has 1 aromatic rings. The largest absolute Gasteiger partial charge is 0.362 e. The summed E-state index contributed by atoms with van der Waals surface area (Å²) in [7, 11) is 0. The highest BCUT2D eigenvalue weighted by atomic mass is 35.5. The van der Waals surface area contributed by atoms with Gasteiger partial charge in [0.05, 0.1) is 5.71 Å². The number of hydrogen-bond acceptors (Lipinski definition) is 1. The molecule has 0 amide bonds. The third-order valence-electron chi connectivity index (χ3n) is 1.61. The van der Waals surface area contributed by atoms with Gasteiger partial charge in [0.15, 0.2) is 0 Å². The van der Waals surface area contributed by atoms with Gasteiger partial charge in [0.25, 0.3) is 0 Å². The van der Waals surface area contributed by atoms with Gasteiger partial charge < -0.3 is 0 Å². The van der Waals surface area contributed by atoms with Crippen molar-refractivity contribution in [3.8, 4) is 0 Å². The SMILES string of the molecule is C/C(=N/[NH+]=C(N)N)c1ccc(Cl)cc1. The standard InChI is InChI=1S/C9H11ClN4/c1-6(13-14-9(11)12)7-2-4-8(10)5-3-7/h2-5H,1H3,(H4,11,12,14)/p+1/b13-6-. The van der Waals surface area contributed by atoms with Crippen LogP contribution in [0.15, 0.2) is 29.4 Å². The lowest BCUT2D eigenvalue weighted by Crippen LogP contribution is -2.72. The van der Waals surface area contributed by atoms with Crippen LogP contribution in [0.1, 0.15) is 12.5 Å². The number of guanidine groups is 1. The number of nitrogens with zero attached hydrogens (tertiary/aromatic N) is 1. The van der Waals surface area contributed by atoms with Gasteiger partial charge in [-0.25, -0.2) is 0 Å². The van der Waals surface area contributed by atoms with Crippen LogP contribution in [0.25, 0.3) is 0 Å². The Bertz CT molecular complexity index is 363. The summed E-state index contributed by atoms with van der Waals surface area (Å²) in [4.78, 5) is 0. The Morgan fingerprint density at radius 1 is 1.29 bits per heavy atom. The predicted octanol–water partition coefficient (Wildman–Crippen LogP) is -0.582. The van der Waals surface area contributed by atoms with Gasteiger partial charge in [0, 0.05) is 5.02 Å². The van der Waals surface area contributed by atoms with Crippen LogP contribution in [0.5, 0.6) is 0 Å². The lowest BCUT2D eigenvalue weighted by molar-refractivity contribution is -0.464. The minimum absolute atomic E-state index is 0.0679. The minimum atomic E-state index is 0.0679. The Morgan fingerprint density at radius 3 is 2.36 bits per heavy atom. The third-order valence-corrected chi connectivity index (χ3v) is 1.87. The molecule has 0 fully saturated rings. The zero-order valence-electron chi connectivity index (χ0n) is 7.79. The Morgan fingerprint density at radius 2 is 1.86 bits per heavy atom. The molecule has 0 aliphatic rings. The lowest BCUT2D eigenvalue weighted by atomic mass is 10.1. The predicted molar refractivity (Wildman–Crippen MR) is 58.0 cm³/mol. The smallest absolute Gasteiger partial charge is 0.289 e. The molecular formula is C9H12ClN4+. The highest BCUT2D eigenvalue weighted by molar-refractivity contribution is 6.30. The number of halogens is 1. The topological polar surface area (TPSA) is 78.4 Å². The zero-order chi connectivity index (χ0) is 10.6. The van der Waals surface area contributed by atoms with Gasteiger partial charge in [-0.05, 0) is 24.6 Å². The van der Waals surface area contributed by atoms with Gasteiger partial charge in [-0.15, -0.1) is 5.10 Å². The van der Waals surface area contributed by atoms with Crippen molar-refractivity contribution in [1.29, 1.82) is 0 Å². The molecule has 0 aromatic heterocycles. The minimum Gasteiger partial charge on any atom is -0.289 e. The Kier molecular flexibility index (Phi) is 3.48. The van der Waals surface area contributed by atoms with E-state index in [1.54, 1.807) is 12.1 Å². The number of nitrogens with one attached hydrogen (secondary N) is 1. The van der Waals surface area contributed by atoms with Crippen LogP contribution >= 0.6 is 11.6 Å². The second-order valence-corrected chi connectivity index (χ2v) is 3.21. The second-order valence-electron chi connectivity index (χ2n) is 2.77. The van der Waals surface area contributed by atoms with E-state index in [4.69, 9.17) is 23.1 Å². The van der Waals surface area contributed by atoms with E-state index >= 15 is 0 Å². The van der Waals surface area contributed by atoms with Crippen molar-refractivity contribution in [2.75, 3.05) is 0 Å². The second kappa shape index (κ2) is 4.62. The fourth-order valence-corrected chi connectivity index (χ4v) is 1.03. The fraction of sp³-hybridized carbons (Fsp3) is 0.111. The summed E-state index contributed by atoms with van der Waals surface area (Å²) in [6, 6.07) is 7.34. The van der Waals surface area contributed by atoms with Crippen LogP contribution in [-0.2, 0) is 0 Å². The van der Waals surface area contributed by atoms with Gasteiger partial charge in [-0.1, -0.05) is 23.7 Å². The van der Waals surface area contributed by atoms with Gasteiger partial charge in [0.2, 0.25) is 0 Å². The molecule has 0 aliphatic heterocycles. The molecule has 1 aromatic carbocycles. The first kappa shape index (κ1) is 10.5. The van der Waals surface area contributed by atoms with E-state index in [0.29, 0.717) is 5.02 Å². The maximum absolute atomic E-state index is 5.74. The van der Waals surface area contributed by atoms with E-state index in [0.717, 1.165) is 11.3 Å². The van der Waals surface area contributed by atoms with Crippen LogP contribution in [0.2, 0.25) is 5.02 Å². The number of nitrogens with two attached hydrogens (primary N) is 2. The first-order chi connectivity index (χ1) is 6.59. The van der Waals surface area contributed by atoms with Crippen molar-refractivity contribution in [1.82, 2.24) is 0 Å². The summed E-state index contributed by atoms with van der Waals surface area (Å²) in [5.41, 5.74) is 12.1. The number of hydrazone groups is 1. The molecule has 0 spiro atoms. The first-order valence-corrected chi connectivity index (χ1v) is 4.41. The van der Waals surface area contributed by atoms with Gasteiger partial charge >= 0.3 is 5.96 Å². The first-order valence-electron chi connectivity index (χ1n) is 4.03. The number of hydrogen-bond donors (Lipinski definition) is 3. The molecule has 0 saturated carbocycles. The van der Waals surface area contributed by atoms with E-state index in [1.807, 2.05) is 19.1 Å². The molecule has 0 heterocycles.